The van der Waals surface area contributed by atoms with Crippen molar-refractivity contribution in [3.05, 3.63) is 42.0 Å². The number of anilines is 1. The van der Waals surface area contributed by atoms with Crippen molar-refractivity contribution in [1.29, 1.82) is 0 Å². The van der Waals surface area contributed by atoms with Gasteiger partial charge in [0.2, 0.25) is 0 Å². The van der Waals surface area contributed by atoms with Crippen LogP contribution < -0.4 is 4.90 Å². The molecule has 2 amide bonds. The van der Waals surface area contributed by atoms with E-state index in [9.17, 15) is 9.59 Å². The molecule has 0 radical (unpaired) electrons. The average molecular weight is 385 g/mol. The fourth-order valence-corrected chi connectivity index (χ4v) is 2.28. The molecule has 0 aliphatic heterocycles. The van der Waals surface area contributed by atoms with Crippen LogP contribution in [0.4, 0.5) is 15.4 Å². The Morgan fingerprint density at radius 3 is 1.86 bits per heavy atom. The first-order valence-electron chi connectivity index (χ1n) is 9.02. The molecule has 0 aliphatic rings. The molecule has 2 rings (SSSR count). The van der Waals surface area contributed by atoms with Crippen molar-refractivity contribution < 1.29 is 19.1 Å². The zero-order valence-corrected chi connectivity index (χ0v) is 17.4. The van der Waals surface area contributed by atoms with Gasteiger partial charge in [-0.1, -0.05) is 23.8 Å². The molecule has 7 heteroatoms. The predicted octanol–water partition coefficient (Wildman–Crippen LogP) is 5.13. The van der Waals surface area contributed by atoms with Gasteiger partial charge in [-0.3, -0.25) is 0 Å². The zero-order chi connectivity index (χ0) is 21.1. The Labute approximate surface area is 165 Å². The molecule has 0 N–H and O–H groups in total. The number of aromatic nitrogens is 2. The Bertz CT molecular complexity index is 821. The Morgan fingerprint density at radius 1 is 0.857 bits per heavy atom. The van der Waals surface area contributed by atoms with E-state index in [1.807, 2.05) is 31.2 Å². The molecule has 150 valence electrons. The molecule has 1 heterocycles. The second-order valence-corrected chi connectivity index (χ2v) is 8.44. The van der Waals surface area contributed by atoms with Crippen molar-refractivity contribution in [1.82, 2.24) is 10.2 Å². The van der Waals surface area contributed by atoms with Crippen molar-refractivity contribution in [2.45, 2.75) is 59.7 Å². The molecule has 1 aromatic heterocycles. The van der Waals surface area contributed by atoms with Crippen molar-refractivity contribution in [3.63, 3.8) is 0 Å². The number of carbonyl (C=O) groups excluding carboxylic acids is 2. The van der Waals surface area contributed by atoms with E-state index >= 15 is 0 Å². The van der Waals surface area contributed by atoms with E-state index in [1.54, 1.807) is 53.7 Å². The molecule has 28 heavy (non-hydrogen) atoms. The van der Waals surface area contributed by atoms with Crippen LogP contribution in [0.2, 0.25) is 0 Å². The second-order valence-electron chi connectivity index (χ2n) is 8.44. The van der Waals surface area contributed by atoms with Gasteiger partial charge >= 0.3 is 12.2 Å². The van der Waals surface area contributed by atoms with Gasteiger partial charge in [-0.25, -0.2) is 9.59 Å². The number of benzene rings is 1. The van der Waals surface area contributed by atoms with Crippen LogP contribution in [0.3, 0.4) is 0 Å². The van der Waals surface area contributed by atoms with Gasteiger partial charge in [0.15, 0.2) is 5.82 Å². The first-order chi connectivity index (χ1) is 12.9. The molecule has 0 atom stereocenters. The smallest absolute Gasteiger partial charge is 0.425 e. The number of carbonyl (C=O) groups is 2. The fourth-order valence-electron chi connectivity index (χ4n) is 2.28. The number of aryl methyl sites for hydroxylation is 1. The molecule has 1 aromatic carbocycles. The third-order valence-corrected chi connectivity index (χ3v) is 3.35. The highest BCUT2D eigenvalue weighted by Gasteiger charge is 2.33. The van der Waals surface area contributed by atoms with E-state index in [4.69, 9.17) is 9.47 Å². The van der Waals surface area contributed by atoms with Gasteiger partial charge in [-0.15, -0.1) is 10.2 Å². The van der Waals surface area contributed by atoms with Gasteiger partial charge in [0, 0.05) is 5.56 Å². The Hall–Kier alpha value is -2.96. The summed E-state index contributed by atoms with van der Waals surface area (Å²) in [5, 5.41) is 8.22. The molecule has 7 nitrogen and oxygen atoms in total. The normalized spacial score (nSPS) is 11.7. The van der Waals surface area contributed by atoms with Gasteiger partial charge in [0.25, 0.3) is 0 Å². The lowest BCUT2D eigenvalue weighted by molar-refractivity contribution is 0.0428. The number of hydrogen-bond acceptors (Lipinski definition) is 6. The number of hydrogen-bond donors (Lipinski definition) is 0. The van der Waals surface area contributed by atoms with Crippen molar-refractivity contribution in [2.75, 3.05) is 4.90 Å². The van der Waals surface area contributed by atoms with Crippen LogP contribution in [0, 0.1) is 6.92 Å². The number of amides is 2. The summed E-state index contributed by atoms with van der Waals surface area (Å²) in [4.78, 5) is 26.0. The highest BCUT2D eigenvalue weighted by atomic mass is 16.6. The van der Waals surface area contributed by atoms with Crippen LogP contribution in [-0.4, -0.2) is 33.6 Å². The van der Waals surface area contributed by atoms with E-state index in [1.165, 1.54) is 0 Å². The number of ether oxygens (including phenoxy) is 2. The van der Waals surface area contributed by atoms with Crippen LogP contribution in [-0.2, 0) is 9.47 Å². The van der Waals surface area contributed by atoms with Crippen LogP contribution in [0.15, 0.2) is 36.4 Å². The van der Waals surface area contributed by atoms with Crippen LogP contribution in [0.25, 0.3) is 11.3 Å². The van der Waals surface area contributed by atoms with E-state index in [0.29, 0.717) is 5.69 Å². The topological polar surface area (TPSA) is 81.6 Å². The third-order valence-electron chi connectivity index (χ3n) is 3.35. The fraction of sp³-hybridized carbons (Fsp3) is 0.429. The van der Waals surface area contributed by atoms with E-state index in [2.05, 4.69) is 10.2 Å². The maximum Gasteiger partial charge on any atom is 0.425 e. The highest BCUT2D eigenvalue weighted by molar-refractivity contribution is 6.08. The lowest BCUT2D eigenvalue weighted by atomic mass is 10.1. The highest BCUT2D eigenvalue weighted by Crippen LogP contribution is 2.22. The minimum Gasteiger partial charge on any atom is -0.443 e. The molecule has 0 bridgehead atoms. The van der Waals surface area contributed by atoms with Crippen molar-refractivity contribution in [3.8, 4) is 11.3 Å². The minimum absolute atomic E-state index is 0.0277. The Balaban J connectivity index is 2.36. The van der Waals surface area contributed by atoms with Gasteiger partial charge in [0.1, 0.15) is 11.2 Å². The monoisotopic (exact) mass is 385 g/mol. The van der Waals surface area contributed by atoms with Crippen LogP contribution >= 0.6 is 0 Å². The van der Waals surface area contributed by atoms with Crippen molar-refractivity contribution >= 4 is 18.0 Å². The van der Waals surface area contributed by atoms with Crippen LogP contribution in [0.5, 0.6) is 0 Å². The predicted molar refractivity (Wildman–Crippen MR) is 107 cm³/mol. The van der Waals surface area contributed by atoms with E-state index in [0.717, 1.165) is 16.0 Å². The summed E-state index contributed by atoms with van der Waals surface area (Å²) in [6.07, 6.45) is -1.75. The average Bonchev–Trinajstić information content (AvgIpc) is 2.52. The standard InChI is InChI=1S/C21H27N3O4/c1-14-9-8-10-15(13-14)16-11-12-17(23-22-16)24(18(25)27-20(2,3)4)19(26)28-21(5,6)7/h8-13H,1-7H3. The van der Waals surface area contributed by atoms with Crippen LogP contribution in [0.1, 0.15) is 47.1 Å². The SMILES string of the molecule is Cc1cccc(-c2ccc(N(C(=O)OC(C)(C)C)C(=O)OC(C)(C)C)nn2)c1. The minimum atomic E-state index is -0.876. The van der Waals surface area contributed by atoms with Crippen molar-refractivity contribution in [2.24, 2.45) is 0 Å². The summed E-state index contributed by atoms with van der Waals surface area (Å²) in [5.41, 5.74) is 1.03. The zero-order valence-electron chi connectivity index (χ0n) is 17.4. The first-order valence-corrected chi connectivity index (χ1v) is 9.02. The summed E-state index contributed by atoms with van der Waals surface area (Å²) in [5.74, 6) is 0.0277. The quantitative estimate of drug-likeness (QED) is 0.713. The Kier molecular flexibility index (Phi) is 6.07. The summed E-state index contributed by atoms with van der Waals surface area (Å²) < 4.78 is 10.7. The molecular formula is C21H27N3O4. The number of nitrogens with zero attached hydrogens (tertiary/aromatic N) is 3. The summed E-state index contributed by atoms with van der Waals surface area (Å²) in [6.45, 7) is 12.3. The second kappa shape index (κ2) is 7.96. The first kappa shape index (κ1) is 21.3. The molecule has 0 aliphatic carbocycles. The third kappa shape index (κ3) is 6.04. The number of rotatable bonds is 2. The van der Waals surface area contributed by atoms with Gasteiger partial charge < -0.3 is 9.47 Å². The van der Waals surface area contributed by atoms with Gasteiger partial charge in [-0.05, 0) is 66.7 Å². The molecule has 0 spiro atoms. The molecule has 0 fully saturated rings. The maximum absolute atomic E-state index is 12.6. The summed E-state index contributed by atoms with van der Waals surface area (Å²) >= 11 is 0. The maximum atomic E-state index is 12.6. The Morgan fingerprint density at radius 2 is 1.43 bits per heavy atom. The van der Waals surface area contributed by atoms with Gasteiger partial charge in [-0.2, -0.15) is 4.90 Å². The lowest BCUT2D eigenvalue weighted by Crippen LogP contribution is -2.44. The molecule has 0 saturated heterocycles. The van der Waals surface area contributed by atoms with E-state index < -0.39 is 23.4 Å². The molecule has 2 aromatic rings. The largest absolute Gasteiger partial charge is 0.443 e. The number of imide groups is 1. The summed E-state index contributed by atoms with van der Waals surface area (Å²) in [7, 11) is 0. The summed E-state index contributed by atoms with van der Waals surface area (Å²) in [6, 6.07) is 11.0. The molecule has 0 unspecified atom stereocenters. The molecule has 0 saturated carbocycles. The van der Waals surface area contributed by atoms with E-state index in [-0.39, 0.29) is 5.82 Å². The lowest BCUT2D eigenvalue weighted by Gasteiger charge is -2.27. The molecular weight excluding hydrogens is 358 g/mol. The van der Waals surface area contributed by atoms with Gasteiger partial charge in [0.05, 0.1) is 5.69 Å².